The molecule has 0 radical (unpaired) electrons. The van der Waals surface area contributed by atoms with Crippen LogP contribution in [-0.2, 0) is 35.1 Å². The maximum absolute atomic E-state index is 12.4. The van der Waals surface area contributed by atoms with Crippen molar-refractivity contribution in [1.82, 2.24) is 4.57 Å². The van der Waals surface area contributed by atoms with Gasteiger partial charge in [-0.25, -0.2) is 4.79 Å². The molecule has 0 fully saturated rings. The molecule has 10 heteroatoms. The second kappa shape index (κ2) is 9.37. The number of fused-ring (bicyclic) bond motifs is 1. The quantitative estimate of drug-likeness (QED) is 0.656. The minimum Gasteiger partial charge on any atom is -0.494 e. The van der Waals surface area contributed by atoms with Gasteiger partial charge < -0.3 is 23.5 Å². The molecule has 154 valence electrons. The van der Waals surface area contributed by atoms with Crippen molar-refractivity contribution < 1.29 is 33.3 Å². The zero-order chi connectivity index (χ0) is 20.8. The van der Waals surface area contributed by atoms with Crippen LogP contribution >= 0.6 is 11.3 Å². The van der Waals surface area contributed by atoms with Gasteiger partial charge in [0.1, 0.15) is 26.0 Å². The summed E-state index contributed by atoms with van der Waals surface area (Å²) in [6.07, 6.45) is 1.22. The largest absolute Gasteiger partial charge is 0.494 e. The first kappa shape index (κ1) is 20.6. The van der Waals surface area contributed by atoms with Gasteiger partial charge in [-0.3, -0.25) is 9.59 Å². The van der Waals surface area contributed by atoms with Crippen molar-refractivity contribution in [3.8, 4) is 0 Å². The number of esters is 2. The average Bonchev–Trinajstić information content (AvgIpc) is 3.05. The minimum absolute atomic E-state index is 0.0106. The zero-order valence-corrected chi connectivity index (χ0v) is 16.8. The molecule has 29 heavy (non-hydrogen) atoms. The lowest BCUT2D eigenvalue weighted by molar-refractivity contribution is -0.143. The fourth-order valence-corrected chi connectivity index (χ4v) is 3.68. The summed E-state index contributed by atoms with van der Waals surface area (Å²) in [5.41, 5.74) is 1.01. The van der Waals surface area contributed by atoms with Crippen LogP contribution in [-0.4, -0.2) is 48.8 Å². The van der Waals surface area contributed by atoms with Crippen molar-refractivity contribution in [1.29, 1.82) is 0 Å². The van der Waals surface area contributed by atoms with E-state index in [4.69, 9.17) is 18.9 Å². The van der Waals surface area contributed by atoms with Crippen molar-refractivity contribution in [2.75, 3.05) is 26.4 Å². The first-order chi connectivity index (χ1) is 14.0. The first-order valence-electron chi connectivity index (χ1n) is 9.03. The van der Waals surface area contributed by atoms with Gasteiger partial charge in [-0.15, -0.1) is 0 Å². The average molecular weight is 420 g/mol. The zero-order valence-electron chi connectivity index (χ0n) is 16.0. The number of benzene rings is 1. The summed E-state index contributed by atoms with van der Waals surface area (Å²) in [5.74, 6) is -1.55. The van der Waals surface area contributed by atoms with Crippen LogP contribution in [0.5, 0.6) is 0 Å². The van der Waals surface area contributed by atoms with Crippen LogP contribution in [0, 0.1) is 0 Å². The van der Waals surface area contributed by atoms with E-state index in [1.54, 1.807) is 36.6 Å². The fraction of sp³-hybridized carbons (Fsp3) is 0.368. The molecule has 0 spiro atoms. The highest BCUT2D eigenvalue weighted by Gasteiger charge is 2.18. The van der Waals surface area contributed by atoms with Crippen molar-refractivity contribution >= 4 is 39.4 Å². The Morgan fingerprint density at radius 1 is 1.17 bits per heavy atom. The van der Waals surface area contributed by atoms with Crippen LogP contribution in [0.15, 0.2) is 35.2 Å². The van der Waals surface area contributed by atoms with Crippen molar-refractivity contribution in [3.63, 3.8) is 0 Å². The Hall–Kier alpha value is -3.14. The highest BCUT2D eigenvalue weighted by molar-refractivity contribution is 7.16. The molecule has 0 atom stereocenters. The van der Waals surface area contributed by atoms with Crippen molar-refractivity contribution in [2.45, 2.75) is 20.4 Å². The number of amides is 1. The smallest absolute Gasteiger partial charge is 0.338 e. The summed E-state index contributed by atoms with van der Waals surface area (Å²) in [4.78, 5) is 40.9. The van der Waals surface area contributed by atoms with Gasteiger partial charge >= 0.3 is 17.8 Å². The SMILES string of the molecule is CCOC(=O)Cn1c(=NC(=O)C2=COCCO2)sc2cc(C(=O)OCC)ccc21. The Morgan fingerprint density at radius 3 is 2.66 bits per heavy atom. The molecule has 1 aromatic carbocycles. The molecule has 0 N–H and O–H groups in total. The second-order valence-electron chi connectivity index (χ2n) is 5.80. The van der Waals surface area contributed by atoms with E-state index in [0.717, 1.165) is 11.3 Å². The molecule has 0 bridgehead atoms. The predicted octanol–water partition coefficient (Wildman–Crippen LogP) is 1.76. The van der Waals surface area contributed by atoms with E-state index in [1.807, 2.05) is 0 Å². The van der Waals surface area contributed by atoms with Crippen molar-refractivity contribution in [2.24, 2.45) is 4.99 Å². The highest BCUT2D eigenvalue weighted by Crippen LogP contribution is 2.20. The molecule has 0 aliphatic carbocycles. The summed E-state index contributed by atoms with van der Waals surface area (Å²) in [5, 5.41) is 0. The maximum atomic E-state index is 12.4. The number of rotatable bonds is 6. The third-order valence-electron chi connectivity index (χ3n) is 3.84. The standard InChI is InChI=1S/C19H20N2O7S/c1-3-26-16(22)10-21-13-6-5-12(18(24)27-4-2)9-15(13)29-19(21)20-17(23)14-11-25-7-8-28-14/h5-6,9,11H,3-4,7-8,10H2,1-2H3. The third-order valence-corrected chi connectivity index (χ3v) is 4.88. The molecule has 1 aromatic heterocycles. The number of hydrogen-bond donors (Lipinski definition) is 0. The summed E-state index contributed by atoms with van der Waals surface area (Å²) < 4.78 is 22.6. The Labute approximate surface area is 170 Å². The third kappa shape index (κ3) is 4.83. The summed E-state index contributed by atoms with van der Waals surface area (Å²) in [6.45, 7) is 4.42. The van der Waals surface area contributed by atoms with Gasteiger partial charge in [-0.2, -0.15) is 4.99 Å². The van der Waals surface area contributed by atoms with Crippen LogP contribution in [0.2, 0.25) is 0 Å². The van der Waals surface area contributed by atoms with Gasteiger partial charge in [0, 0.05) is 0 Å². The molecule has 0 saturated heterocycles. The number of nitrogens with zero attached hydrogens (tertiary/aromatic N) is 2. The second-order valence-corrected chi connectivity index (χ2v) is 6.81. The minimum atomic E-state index is -0.625. The van der Waals surface area contributed by atoms with E-state index in [2.05, 4.69) is 4.99 Å². The van der Waals surface area contributed by atoms with Gasteiger partial charge in [-0.1, -0.05) is 11.3 Å². The molecular weight excluding hydrogens is 400 g/mol. The van der Waals surface area contributed by atoms with Crippen LogP contribution in [0.3, 0.4) is 0 Å². The molecular formula is C19H20N2O7S. The number of carbonyl (C=O) groups is 3. The number of hydrogen-bond acceptors (Lipinski definition) is 8. The molecule has 0 saturated carbocycles. The van der Waals surface area contributed by atoms with E-state index in [9.17, 15) is 14.4 Å². The molecule has 1 amide bonds. The number of aromatic nitrogens is 1. The lowest BCUT2D eigenvalue weighted by atomic mass is 10.2. The first-order valence-corrected chi connectivity index (χ1v) is 9.85. The molecule has 3 rings (SSSR count). The topological polar surface area (TPSA) is 105 Å². The van der Waals surface area contributed by atoms with Gasteiger partial charge in [0.2, 0.25) is 5.76 Å². The monoisotopic (exact) mass is 420 g/mol. The van der Waals surface area contributed by atoms with Gasteiger partial charge in [0.25, 0.3) is 0 Å². The molecule has 9 nitrogen and oxygen atoms in total. The van der Waals surface area contributed by atoms with Crippen LogP contribution in [0.4, 0.5) is 0 Å². The summed E-state index contributed by atoms with van der Waals surface area (Å²) >= 11 is 1.16. The van der Waals surface area contributed by atoms with Gasteiger partial charge in [-0.05, 0) is 32.0 Å². The van der Waals surface area contributed by atoms with Crippen LogP contribution in [0.1, 0.15) is 24.2 Å². The molecule has 2 aromatic rings. The lowest BCUT2D eigenvalue weighted by Gasteiger charge is -2.12. The Morgan fingerprint density at radius 2 is 1.97 bits per heavy atom. The maximum Gasteiger partial charge on any atom is 0.338 e. The van der Waals surface area contributed by atoms with Gasteiger partial charge in [0.15, 0.2) is 4.80 Å². The molecule has 1 aliphatic rings. The van der Waals surface area contributed by atoms with Crippen LogP contribution in [0.25, 0.3) is 10.2 Å². The fourth-order valence-electron chi connectivity index (χ4n) is 2.61. The van der Waals surface area contributed by atoms with Crippen molar-refractivity contribution in [3.05, 3.63) is 40.6 Å². The Kier molecular flexibility index (Phi) is 6.65. The summed E-state index contributed by atoms with van der Waals surface area (Å²) in [7, 11) is 0. The van der Waals surface area contributed by atoms with E-state index < -0.39 is 17.8 Å². The molecule has 0 unspecified atom stereocenters. The number of carbonyl (C=O) groups excluding carboxylic acids is 3. The molecule has 1 aliphatic heterocycles. The highest BCUT2D eigenvalue weighted by atomic mass is 32.1. The summed E-state index contributed by atoms with van der Waals surface area (Å²) in [6, 6.07) is 4.92. The van der Waals surface area contributed by atoms with E-state index >= 15 is 0 Å². The molecule has 2 heterocycles. The van der Waals surface area contributed by atoms with E-state index in [-0.39, 0.29) is 36.9 Å². The Bertz CT molecular complexity index is 1030. The van der Waals surface area contributed by atoms with Gasteiger partial charge in [0.05, 0.1) is 29.0 Å². The lowest BCUT2D eigenvalue weighted by Crippen LogP contribution is -2.24. The van der Waals surface area contributed by atoms with E-state index in [1.165, 1.54) is 6.26 Å². The van der Waals surface area contributed by atoms with E-state index in [0.29, 0.717) is 22.4 Å². The van der Waals surface area contributed by atoms with Crippen LogP contribution < -0.4 is 4.80 Å². The number of ether oxygens (including phenoxy) is 4. The normalized spacial score (nSPS) is 14.0. The predicted molar refractivity (Wildman–Crippen MR) is 103 cm³/mol. The number of thiazole rings is 1. The Balaban J connectivity index is 2.06.